The van der Waals surface area contributed by atoms with Gasteiger partial charge < -0.3 is 4.98 Å². The third kappa shape index (κ3) is 2.05. The van der Waals surface area contributed by atoms with Gasteiger partial charge in [0.2, 0.25) is 0 Å². The number of para-hydroxylation sites is 1. The largest absolute Gasteiger partial charge is 0.361 e. The molecule has 1 fully saturated rings. The van der Waals surface area contributed by atoms with Crippen LogP contribution in [-0.4, -0.2) is 23.0 Å². The summed E-state index contributed by atoms with van der Waals surface area (Å²) in [6.07, 6.45) is 6.17. The molecule has 1 aromatic heterocycles. The molecule has 2 atom stereocenters. The predicted molar refractivity (Wildman–Crippen MR) is 94.7 cm³/mol. The number of hydrogen-bond acceptors (Lipinski definition) is 1. The molecule has 0 unspecified atom stereocenters. The highest BCUT2D eigenvalue weighted by Gasteiger charge is 2.36. The van der Waals surface area contributed by atoms with Crippen LogP contribution >= 0.6 is 0 Å². The molecule has 1 aliphatic heterocycles. The molecular weight excluding hydrogens is 280 g/mol. The Kier molecular flexibility index (Phi) is 3.05. The fourth-order valence-electron chi connectivity index (χ4n) is 4.68. The number of aromatic nitrogens is 1. The molecule has 2 nitrogen and oxygen atoms in total. The lowest BCUT2D eigenvalue weighted by Crippen LogP contribution is -2.23. The van der Waals surface area contributed by atoms with Crippen molar-refractivity contribution in [3.05, 3.63) is 71.4 Å². The Morgan fingerprint density at radius 2 is 1.57 bits per heavy atom. The molecule has 3 aromatic rings. The first kappa shape index (κ1) is 13.4. The van der Waals surface area contributed by atoms with Gasteiger partial charge in [-0.15, -0.1) is 0 Å². The Bertz CT molecular complexity index is 842. The summed E-state index contributed by atoms with van der Waals surface area (Å²) in [5.41, 5.74) is 5.82. The Labute approximate surface area is 137 Å². The van der Waals surface area contributed by atoms with Gasteiger partial charge in [-0.05, 0) is 55.1 Å². The van der Waals surface area contributed by atoms with E-state index in [4.69, 9.17) is 0 Å². The van der Waals surface area contributed by atoms with Crippen LogP contribution in [0.5, 0.6) is 0 Å². The summed E-state index contributed by atoms with van der Waals surface area (Å²) in [4.78, 5) is 6.17. The van der Waals surface area contributed by atoms with Crippen LogP contribution in [0.25, 0.3) is 10.9 Å². The number of nitrogens with one attached hydrogen (secondary N) is 1. The van der Waals surface area contributed by atoms with E-state index in [1.165, 1.54) is 54.4 Å². The smallest absolute Gasteiger partial charge is 0.0457 e. The number of fused-ring (bicyclic) bond motifs is 2. The van der Waals surface area contributed by atoms with Crippen LogP contribution < -0.4 is 0 Å². The topological polar surface area (TPSA) is 19.0 Å². The molecule has 2 aliphatic rings. The van der Waals surface area contributed by atoms with Crippen molar-refractivity contribution < 1.29 is 0 Å². The van der Waals surface area contributed by atoms with Gasteiger partial charge in [0.1, 0.15) is 0 Å². The number of aromatic amines is 1. The van der Waals surface area contributed by atoms with Crippen molar-refractivity contribution in [1.82, 2.24) is 9.88 Å². The Balaban J connectivity index is 1.61. The quantitative estimate of drug-likeness (QED) is 0.717. The van der Waals surface area contributed by atoms with Crippen LogP contribution in [0.4, 0.5) is 0 Å². The van der Waals surface area contributed by atoms with Crippen LogP contribution in [0, 0.1) is 0 Å². The monoisotopic (exact) mass is 302 g/mol. The maximum atomic E-state index is 3.47. The summed E-state index contributed by atoms with van der Waals surface area (Å²) in [6, 6.07) is 18.4. The van der Waals surface area contributed by atoms with Crippen LogP contribution in [0.15, 0.2) is 54.7 Å². The highest BCUT2D eigenvalue weighted by atomic mass is 15.2. The lowest BCUT2D eigenvalue weighted by atomic mass is 9.92. The molecular formula is C21H22N2. The van der Waals surface area contributed by atoms with Crippen molar-refractivity contribution in [3.8, 4) is 0 Å². The number of benzene rings is 2. The van der Waals surface area contributed by atoms with Gasteiger partial charge in [0.25, 0.3) is 0 Å². The van der Waals surface area contributed by atoms with E-state index in [1.807, 2.05) is 0 Å². The van der Waals surface area contributed by atoms with E-state index in [2.05, 4.69) is 64.6 Å². The van der Waals surface area contributed by atoms with Crippen molar-refractivity contribution >= 4 is 10.9 Å². The number of nitrogens with zero attached hydrogens (tertiary/aromatic N) is 1. The molecule has 116 valence electrons. The lowest BCUT2D eigenvalue weighted by molar-refractivity contribution is 0.241. The number of H-pyrrole nitrogens is 1. The minimum absolute atomic E-state index is 0.521. The zero-order chi connectivity index (χ0) is 15.2. The van der Waals surface area contributed by atoms with Gasteiger partial charge in [0.05, 0.1) is 0 Å². The van der Waals surface area contributed by atoms with Gasteiger partial charge in [-0.25, -0.2) is 0 Å². The van der Waals surface area contributed by atoms with Crippen LogP contribution in [0.2, 0.25) is 0 Å². The van der Waals surface area contributed by atoms with Crippen molar-refractivity contribution in [1.29, 1.82) is 0 Å². The first-order chi connectivity index (χ1) is 11.4. The standard InChI is InChI=1S/C21H22N2/c1-2-9-17-15(7-1)18(13-21(17)23-11-5-6-12-23)19-14-22-20-10-4-3-8-16(19)20/h1-4,7-10,14,18,21-22H,5-6,11-13H2/t18-,21+/m1/s1. The predicted octanol–water partition coefficient (Wildman–Crippen LogP) is 4.84. The minimum Gasteiger partial charge on any atom is -0.361 e. The second-order valence-corrected chi connectivity index (χ2v) is 6.97. The van der Waals surface area contributed by atoms with Gasteiger partial charge in [-0.3, -0.25) is 4.90 Å². The average Bonchev–Trinajstić information content (AvgIpc) is 3.32. The van der Waals surface area contributed by atoms with Crippen molar-refractivity contribution in [2.75, 3.05) is 13.1 Å². The molecule has 2 heteroatoms. The number of rotatable bonds is 2. The molecule has 0 bridgehead atoms. The highest BCUT2D eigenvalue weighted by molar-refractivity contribution is 5.84. The average molecular weight is 302 g/mol. The fraction of sp³-hybridized carbons (Fsp3) is 0.333. The van der Waals surface area contributed by atoms with Crippen molar-refractivity contribution in [2.24, 2.45) is 0 Å². The van der Waals surface area contributed by atoms with Crippen LogP contribution in [-0.2, 0) is 0 Å². The van der Waals surface area contributed by atoms with Crippen molar-refractivity contribution in [3.63, 3.8) is 0 Å². The molecule has 2 heterocycles. The minimum atomic E-state index is 0.521. The molecule has 0 amide bonds. The SMILES string of the molecule is c1ccc2c(c1)[C@H](c1c[nH]c3ccccc13)C[C@@H]2N1CCCC1. The van der Waals surface area contributed by atoms with E-state index >= 15 is 0 Å². The molecule has 0 radical (unpaired) electrons. The molecule has 0 saturated carbocycles. The fourth-order valence-corrected chi connectivity index (χ4v) is 4.68. The number of likely N-dealkylation sites (tertiary alicyclic amines) is 1. The summed E-state index contributed by atoms with van der Waals surface area (Å²) in [5.74, 6) is 0.521. The van der Waals surface area contributed by atoms with E-state index in [0.29, 0.717) is 12.0 Å². The van der Waals surface area contributed by atoms with E-state index in [-0.39, 0.29) is 0 Å². The Hall–Kier alpha value is -2.06. The maximum Gasteiger partial charge on any atom is 0.0457 e. The number of hydrogen-bond donors (Lipinski definition) is 1. The van der Waals surface area contributed by atoms with E-state index in [0.717, 1.165) is 0 Å². The van der Waals surface area contributed by atoms with Crippen LogP contribution in [0.3, 0.4) is 0 Å². The summed E-state index contributed by atoms with van der Waals surface area (Å²) in [7, 11) is 0. The van der Waals surface area contributed by atoms with Gasteiger partial charge in [-0.2, -0.15) is 0 Å². The summed E-state index contributed by atoms with van der Waals surface area (Å²) >= 11 is 0. The normalized spacial score (nSPS) is 24.3. The summed E-state index contributed by atoms with van der Waals surface area (Å²) in [6.45, 7) is 2.53. The molecule has 5 rings (SSSR count). The Morgan fingerprint density at radius 1 is 0.826 bits per heavy atom. The lowest BCUT2D eigenvalue weighted by Gasteiger charge is -2.24. The molecule has 23 heavy (non-hydrogen) atoms. The Morgan fingerprint density at radius 3 is 2.43 bits per heavy atom. The molecule has 1 N–H and O–H groups in total. The first-order valence-corrected chi connectivity index (χ1v) is 8.81. The van der Waals surface area contributed by atoms with Crippen LogP contribution in [0.1, 0.15) is 47.9 Å². The molecule has 1 saturated heterocycles. The summed E-state index contributed by atoms with van der Waals surface area (Å²) < 4.78 is 0. The van der Waals surface area contributed by atoms with Gasteiger partial charge >= 0.3 is 0 Å². The second kappa shape index (κ2) is 5.24. The van der Waals surface area contributed by atoms with E-state index in [1.54, 1.807) is 5.56 Å². The highest BCUT2D eigenvalue weighted by Crippen LogP contribution is 2.48. The zero-order valence-electron chi connectivity index (χ0n) is 13.3. The molecule has 2 aromatic carbocycles. The first-order valence-electron chi connectivity index (χ1n) is 8.81. The van der Waals surface area contributed by atoms with Gasteiger partial charge in [0, 0.05) is 29.1 Å². The second-order valence-electron chi connectivity index (χ2n) is 6.97. The zero-order valence-corrected chi connectivity index (χ0v) is 13.3. The van der Waals surface area contributed by atoms with E-state index < -0.39 is 0 Å². The van der Waals surface area contributed by atoms with Crippen molar-refractivity contribution in [2.45, 2.75) is 31.2 Å². The molecule has 0 spiro atoms. The third-order valence-corrected chi connectivity index (χ3v) is 5.77. The summed E-state index contributed by atoms with van der Waals surface area (Å²) in [5, 5.41) is 1.38. The maximum absolute atomic E-state index is 3.47. The van der Waals surface area contributed by atoms with Gasteiger partial charge in [0.15, 0.2) is 0 Å². The van der Waals surface area contributed by atoms with Gasteiger partial charge in [-0.1, -0.05) is 42.5 Å². The molecule has 1 aliphatic carbocycles. The van der Waals surface area contributed by atoms with E-state index in [9.17, 15) is 0 Å². The third-order valence-electron chi connectivity index (χ3n) is 5.77.